The lowest BCUT2D eigenvalue weighted by atomic mass is 10.1. The van der Waals surface area contributed by atoms with Crippen molar-refractivity contribution in [2.45, 2.75) is 13.8 Å². The summed E-state index contributed by atoms with van der Waals surface area (Å²) in [5.74, 6) is -0.0810. The maximum atomic E-state index is 12.7. The molecule has 1 fully saturated rings. The first-order chi connectivity index (χ1) is 13.0. The second-order valence-electron chi connectivity index (χ2n) is 7.43. The third kappa shape index (κ3) is 3.55. The summed E-state index contributed by atoms with van der Waals surface area (Å²) in [5, 5.41) is 4.11. The fourth-order valence-electron chi connectivity index (χ4n) is 3.63. The smallest absolute Gasteiger partial charge is 0.255 e. The van der Waals surface area contributed by atoms with E-state index in [1.165, 1.54) is 11.3 Å². The van der Waals surface area contributed by atoms with Crippen LogP contribution >= 0.6 is 0 Å². The third-order valence-electron chi connectivity index (χ3n) is 5.56. The Balaban J connectivity index is 1.47. The summed E-state index contributed by atoms with van der Waals surface area (Å²) in [6, 6.07) is 13.9. The first-order valence-corrected chi connectivity index (χ1v) is 9.45. The Morgan fingerprint density at radius 2 is 1.70 bits per heavy atom. The maximum Gasteiger partial charge on any atom is 0.255 e. The Morgan fingerprint density at radius 3 is 2.41 bits per heavy atom. The van der Waals surface area contributed by atoms with E-state index < -0.39 is 0 Å². The molecule has 27 heavy (non-hydrogen) atoms. The van der Waals surface area contributed by atoms with Gasteiger partial charge in [-0.3, -0.25) is 4.79 Å². The van der Waals surface area contributed by atoms with E-state index in [1.807, 2.05) is 30.3 Å². The van der Waals surface area contributed by atoms with Crippen LogP contribution in [0.3, 0.4) is 0 Å². The summed E-state index contributed by atoms with van der Waals surface area (Å²) in [4.78, 5) is 20.7. The van der Waals surface area contributed by atoms with Crippen molar-refractivity contribution in [1.29, 1.82) is 0 Å². The second kappa shape index (κ2) is 7.08. The monoisotopic (exact) mass is 362 g/mol. The number of hydrogen-bond acceptors (Lipinski definition) is 3. The number of nitrogens with one attached hydrogen (secondary N) is 2. The molecule has 2 aromatic carbocycles. The fourth-order valence-corrected chi connectivity index (χ4v) is 3.63. The summed E-state index contributed by atoms with van der Waals surface area (Å²) in [5.41, 5.74) is 6.10. The zero-order valence-electron chi connectivity index (χ0n) is 16.2. The number of anilines is 2. The van der Waals surface area contributed by atoms with Crippen LogP contribution in [0.15, 0.2) is 42.5 Å². The van der Waals surface area contributed by atoms with Crippen molar-refractivity contribution >= 4 is 28.2 Å². The summed E-state index contributed by atoms with van der Waals surface area (Å²) < 4.78 is 0. The Bertz CT molecular complexity index is 966. The standard InChI is InChI=1S/C22H26N4O/c1-15-16(2)23-21-9-4-17(14-20(15)21)22(27)24-18-5-7-19(8-6-18)26-12-10-25(3)11-13-26/h4-9,14,23H,10-13H2,1-3H3,(H,24,27). The van der Waals surface area contributed by atoms with Gasteiger partial charge in [-0.15, -0.1) is 0 Å². The summed E-state index contributed by atoms with van der Waals surface area (Å²) in [7, 11) is 2.16. The molecule has 2 heterocycles. The highest BCUT2D eigenvalue weighted by atomic mass is 16.1. The highest BCUT2D eigenvalue weighted by Gasteiger charge is 2.14. The molecular weight excluding hydrogens is 336 g/mol. The minimum absolute atomic E-state index is 0.0810. The molecule has 0 aliphatic carbocycles. The average Bonchev–Trinajstić information content (AvgIpc) is 2.96. The van der Waals surface area contributed by atoms with Crippen LogP contribution in [-0.2, 0) is 0 Å². The van der Waals surface area contributed by atoms with Crippen molar-refractivity contribution < 1.29 is 4.79 Å². The average molecular weight is 362 g/mol. The number of piperazine rings is 1. The van der Waals surface area contributed by atoms with Crippen molar-refractivity contribution in [1.82, 2.24) is 9.88 Å². The number of benzene rings is 2. The number of aromatic nitrogens is 1. The zero-order valence-corrected chi connectivity index (χ0v) is 16.2. The predicted octanol–water partition coefficient (Wildman–Crippen LogP) is 3.79. The number of carbonyl (C=O) groups excluding carboxylic acids is 1. The van der Waals surface area contributed by atoms with E-state index in [1.54, 1.807) is 0 Å². The molecule has 1 aliphatic heterocycles. The summed E-state index contributed by atoms with van der Waals surface area (Å²) in [6.07, 6.45) is 0. The molecule has 1 aromatic heterocycles. The first kappa shape index (κ1) is 17.6. The van der Waals surface area contributed by atoms with Crippen molar-refractivity contribution in [3.8, 4) is 0 Å². The Labute approximate surface area is 160 Å². The highest BCUT2D eigenvalue weighted by molar-refractivity contribution is 6.06. The summed E-state index contributed by atoms with van der Waals surface area (Å²) in [6.45, 7) is 8.37. The van der Waals surface area contributed by atoms with Gasteiger partial charge in [0, 0.05) is 59.7 Å². The molecular formula is C22H26N4O. The lowest BCUT2D eigenvalue weighted by Crippen LogP contribution is -2.44. The molecule has 4 rings (SSSR count). The molecule has 1 aliphatic rings. The Hall–Kier alpha value is -2.79. The van der Waals surface area contributed by atoms with E-state index in [9.17, 15) is 4.79 Å². The van der Waals surface area contributed by atoms with Crippen molar-refractivity contribution in [2.24, 2.45) is 0 Å². The lowest BCUT2D eigenvalue weighted by Gasteiger charge is -2.34. The topological polar surface area (TPSA) is 51.4 Å². The van der Waals surface area contributed by atoms with Crippen LogP contribution in [-0.4, -0.2) is 49.0 Å². The number of carbonyl (C=O) groups is 1. The van der Waals surface area contributed by atoms with Gasteiger partial charge in [0.1, 0.15) is 0 Å². The van der Waals surface area contributed by atoms with Crippen LogP contribution in [0.2, 0.25) is 0 Å². The second-order valence-corrected chi connectivity index (χ2v) is 7.43. The summed E-state index contributed by atoms with van der Waals surface area (Å²) >= 11 is 0. The number of fused-ring (bicyclic) bond motifs is 1. The van der Waals surface area contributed by atoms with Crippen LogP contribution < -0.4 is 10.2 Å². The Kier molecular flexibility index (Phi) is 4.62. The molecule has 1 saturated heterocycles. The van der Waals surface area contributed by atoms with E-state index in [0.717, 1.165) is 48.5 Å². The van der Waals surface area contributed by atoms with Crippen molar-refractivity contribution in [3.05, 3.63) is 59.3 Å². The van der Waals surface area contributed by atoms with Crippen LogP contribution in [0.1, 0.15) is 21.6 Å². The van der Waals surface area contributed by atoms with Crippen LogP contribution in [0, 0.1) is 13.8 Å². The van der Waals surface area contributed by atoms with Crippen LogP contribution in [0.4, 0.5) is 11.4 Å². The van der Waals surface area contributed by atoms with Gasteiger partial charge in [0.25, 0.3) is 5.91 Å². The number of H-pyrrole nitrogens is 1. The molecule has 2 N–H and O–H groups in total. The minimum Gasteiger partial charge on any atom is -0.369 e. The zero-order chi connectivity index (χ0) is 19.0. The van der Waals surface area contributed by atoms with E-state index in [-0.39, 0.29) is 5.91 Å². The predicted molar refractivity (Wildman–Crippen MR) is 112 cm³/mol. The van der Waals surface area contributed by atoms with Gasteiger partial charge in [0.15, 0.2) is 0 Å². The lowest BCUT2D eigenvalue weighted by molar-refractivity contribution is 0.102. The fraction of sp³-hybridized carbons (Fsp3) is 0.318. The molecule has 5 nitrogen and oxygen atoms in total. The van der Waals surface area contributed by atoms with Gasteiger partial charge >= 0.3 is 0 Å². The van der Waals surface area contributed by atoms with Crippen molar-refractivity contribution in [3.63, 3.8) is 0 Å². The minimum atomic E-state index is -0.0810. The molecule has 0 unspecified atom stereocenters. The van der Waals surface area contributed by atoms with Gasteiger partial charge in [-0.05, 0) is 68.9 Å². The van der Waals surface area contributed by atoms with E-state index in [0.29, 0.717) is 5.56 Å². The molecule has 0 spiro atoms. The van der Waals surface area contributed by atoms with Gasteiger partial charge in [-0.25, -0.2) is 0 Å². The van der Waals surface area contributed by atoms with Crippen LogP contribution in [0.25, 0.3) is 10.9 Å². The van der Waals surface area contributed by atoms with E-state index >= 15 is 0 Å². The van der Waals surface area contributed by atoms with E-state index in [4.69, 9.17) is 0 Å². The van der Waals surface area contributed by atoms with E-state index in [2.05, 4.69) is 53.1 Å². The quantitative estimate of drug-likeness (QED) is 0.745. The molecule has 140 valence electrons. The van der Waals surface area contributed by atoms with Gasteiger partial charge in [-0.1, -0.05) is 0 Å². The SMILES string of the molecule is Cc1[nH]c2ccc(C(=O)Nc3ccc(N4CCN(C)CC4)cc3)cc2c1C. The number of aryl methyl sites for hydroxylation is 2. The molecule has 5 heteroatoms. The highest BCUT2D eigenvalue weighted by Crippen LogP contribution is 2.24. The molecule has 0 atom stereocenters. The largest absolute Gasteiger partial charge is 0.369 e. The van der Waals surface area contributed by atoms with Crippen LogP contribution in [0.5, 0.6) is 0 Å². The first-order valence-electron chi connectivity index (χ1n) is 9.45. The number of rotatable bonds is 3. The Morgan fingerprint density at radius 1 is 1.00 bits per heavy atom. The maximum absolute atomic E-state index is 12.7. The number of nitrogens with zero attached hydrogens (tertiary/aromatic N) is 2. The number of likely N-dealkylation sites (N-methyl/N-ethyl adjacent to an activating group) is 1. The molecule has 0 bridgehead atoms. The van der Waals surface area contributed by atoms with Gasteiger partial charge in [-0.2, -0.15) is 0 Å². The number of aromatic amines is 1. The van der Waals surface area contributed by atoms with Crippen molar-refractivity contribution in [2.75, 3.05) is 43.4 Å². The van der Waals surface area contributed by atoms with Gasteiger partial charge in [0.05, 0.1) is 0 Å². The molecule has 0 saturated carbocycles. The molecule has 0 radical (unpaired) electrons. The number of amides is 1. The van der Waals surface area contributed by atoms with Gasteiger partial charge in [0.2, 0.25) is 0 Å². The normalized spacial score (nSPS) is 15.3. The third-order valence-corrected chi connectivity index (χ3v) is 5.56. The molecule has 3 aromatic rings. The molecule has 1 amide bonds. The van der Waals surface area contributed by atoms with Gasteiger partial charge < -0.3 is 20.1 Å². The number of hydrogen-bond donors (Lipinski definition) is 2.